The van der Waals surface area contributed by atoms with Crippen LogP contribution in [0.15, 0.2) is 12.4 Å². The van der Waals surface area contributed by atoms with E-state index in [9.17, 15) is 0 Å². The SMILES string of the molecule is CC1CN(Cc2cnn(C)c2)CCC1Br. The maximum Gasteiger partial charge on any atom is 0.0534 e. The standard InChI is InChI=1S/C11H18BrN3/c1-9-6-15(4-3-11(9)12)8-10-5-13-14(2)7-10/h5,7,9,11H,3-4,6,8H2,1-2H3. The van der Waals surface area contributed by atoms with E-state index in [2.05, 4.69) is 39.0 Å². The zero-order chi connectivity index (χ0) is 10.8. The third-order valence-electron chi connectivity index (χ3n) is 3.05. The number of hydrogen-bond donors (Lipinski definition) is 0. The van der Waals surface area contributed by atoms with Gasteiger partial charge in [0.05, 0.1) is 6.20 Å². The van der Waals surface area contributed by atoms with Crippen LogP contribution in [0, 0.1) is 5.92 Å². The molecule has 0 aliphatic carbocycles. The maximum atomic E-state index is 4.20. The van der Waals surface area contributed by atoms with Gasteiger partial charge in [-0.15, -0.1) is 0 Å². The van der Waals surface area contributed by atoms with E-state index in [-0.39, 0.29) is 0 Å². The van der Waals surface area contributed by atoms with Crippen LogP contribution in [-0.4, -0.2) is 32.6 Å². The normalized spacial score (nSPS) is 28.2. The Morgan fingerprint density at radius 1 is 1.60 bits per heavy atom. The molecule has 2 unspecified atom stereocenters. The number of piperidine rings is 1. The topological polar surface area (TPSA) is 21.1 Å². The van der Waals surface area contributed by atoms with Gasteiger partial charge in [-0.1, -0.05) is 22.9 Å². The second kappa shape index (κ2) is 4.66. The first-order valence-electron chi connectivity index (χ1n) is 5.49. The third kappa shape index (κ3) is 2.82. The lowest BCUT2D eigenvalue weighted by atomic mass is 10.00. The molecule has 84 valence electrons. The van der Waals surface area contributed by atoms with Gasteiger partial charge in [0.25, 0.3) is 0 Å². The molecular formula is C11H18BrN3. The first-order valence-corrected chi connectivity index (χ1v) is 6.40. The molecule has 0 radical (unpaired) electrons. The van der Waals surface area contributed by atoms with Crippen molar-refractivity contribution < 1.29 is 0 Å². The van der Waals surface area contributed by atoms with Crippen molar-refractivity contribution in [3.8, 4) is 0 Å². The molecule has 2 atom stereocenters. The number of likely N-dealkylation sites (tertiary alicyclic amines) is 1. The minimum atomic E-state index is 0.697. The van der Waals surface area contributed by atoms with E-state index in [0.717, 1.165) is 12.5 Å². The van der Waals surface area contributed by atoms with E-state index in [1.807, 2.05) is 17.9 Å². The third-order valence-corrected chi connectivity index (χ3v) is 4.41. The summed E-state index contributed by atoms with van der Waals surface area (Å²) in [5.41, 5.74) is 1.32. The van der Waals surface area contributed by atoms with Crippen molar-refractivity contribution in [3.63, 3.8) is 0 Å². The van der Waals surface area contributed by atoms with Gasteiger partial charge in [-0.05, 0) is 18.9 Å². The monoisotopic (exact) mass is 271 g/mol. The molecule has 1 aliphatic heterocycles. The van der Waals surface area contributed by atoms with Crippen LogP contribution in [0.25, 0.3) is 0 Å². The average molecular weight is 272 g/mol. The van der Waals surface area contributed by atoms with Crippen LogP contribution in [0.1, 0.15) is 18.9 Å². The molecule has 0 amide bonds. The molecule has 3 nitrogen and oxygen atoms in total. The van der Waals surface area contributed by atoms with E-state index < -0.39 is 0 Å². The molecule has 0 N–H and O–H groups in total. The smallest absolute Gasteiger partial charge is 0.0534 e. The summed E-state index contributed by atoms with van der Waals surface area (Å²) in [4.78, 5) is 3.21. The van der Waals surface area contributed by atoms with Gasteiger partial charge in [0.1, 0.15) is 0 Å². The number of halogens is 1. The Labute approximate surface area is 99.6 Å². The zero-order valence-electron chi connectivity index (χ0n) is 9.36. The largest absolute Gasteiger partial charge is 0.299 e. The van der Waals surface area contributed by atoms with Gasteiger partial charge in [-0.3, -0.25) is 9.58 Å². The Bertz CT molecular complexity index is 323. The van der Waals surface area contributed by atoms with Crippen molar-refractivity contribution >= 4 is 15.9 Å². The van der Waals surface area contributed by atoms with Crippen molar-refractivity contribution in [2.75, 3.05) is 13.1 Å². The van der Waals surface area contributed by atoms with Gasteiger partial charge in [-0.2, -0.15) is 5.10 Å². The van der Waals surface area contributed by atoms with Crippen molar-refractivity contribution in [3.05, 3.63) is 18.0 Å². The van der Waals surface area contributed by atoms with Gasteiger partial charge >= 0.3 is 0 Å². The summed E-state index contributed by atoms with van der Waals surface area (Å²) < 4.78 is 1.87. The van der Waals surface area contributed by atoms with Crippen molar-refractivity contribution in [2.45, 2.75) is 24.7 Å². The lowest BCUT2D eigenvalue weighted by molar-refractivity contribution is 0.183. The Morgan fingerprint density at radius 2 is 2.40 bits per heavy atom. The summed E-state index contributed by atoms with van der Waals surface area (Å²) in [7, 11) is 1.97. The number of nitrogens with zero attached hydrogens (tertiary/aromatic N) is 3. The number of aryl methyl sites for hydroxylation is 1. The Morgan fingerprint density at radius 3 is 3.00 bits per heavy atom. The van der Waals surface area contributed by atoms with Crippen molar-refractivity contribution in [2.24, 2.45) is 13.0 Å². The van der Waals surface area contributed by atoms with Crippen LogP contribution in [-0.2, 0) is 13.6 Å². The minimum absolute atomic E-state index is 0.697. The second-order valence-electron chi connectivity index (χ2n) is 4.54. The molecule has 0 saturated carbocycles. The summed E-state index contributed by atoms with van der Waals surface area (Å²) in [6, 6.07) is 0. The molecule has 0 aromatic carbocycles. The number of rotatable bonds is 2. The highest BCUT2D eigenvalue weighted by atomic mass is 79.9. The van der Waals surface area contributed by atoms with E-state index in [1.165, 1.54) is 25.1 Å². The molecule has 1 aromatic rings. The summed E-state index contributed by atoms with van der Waals surface area (Å²) in [6.07, 6.45) is 5.32. The molecular weight excluding hydrogens is 254 g/mol. The summed E-state index contributed by atoms with van der Waals surface area (Å²) in [6.45, 7) is 5.73. The van der Waals surface area contributed by atoms with Gasteiger partial charge in [-0.25, -0.2) is 0 Å². The van der Waals surface area contributed by atoms with Crippen LogP contribution in [0.3, 0.4) is 0 Å². The number of aromatic nitrogens is 2. The molecule has 1 fully saturated rings. The fraction of sp³-hybridized carbons (Fsp3) is 0.727. The number of hydrogen-bond acceptors (Lipinski definition) is 2. The predicted octanol–water partition coefficient (Wildman–Crippen LogP) is 2.03. The summed E-state index contributed by atoms with van der Waals surface area (Å²) in [5.74, 6) is 0.746. The number of alkyl halides is 1. The second-order valence-corrected chi connectivity index (χ2v) is 5.72. The molecule has 0 bridgehead atoms. The van der Waals surface area contributed by atoms with E-state index in [0.29, 0.717) is 4.83 Å². The first-order chi connectivity index (χ1) is 7.15. The minimum Gasteiger partial charge on any atom is -0.299 e. The van der Waals surface area contributed by atoms with Crippen LogP contribution in [0.5, 0.6) is 0 Å². The summed E-state index contributed by atoms with van der Waals surface area (Å²) >= 11 is 3.73. The average Bonchev–Trinajstić information content (AvgIpc) is 2.58. The molecule has 15 heavy (non-hydrogen) atoms. The lowest BCUT2D eigenvalue weighted by Crippen LogP contribution is -2.39. The van der Waals surface area contributed by atoms with E-state index >= 15 is 0 Å². The highest BCUT2D eigenvalue weighted by Crippen LogP contribution is 2.24. The Balaban J connectivity index is 1.90. The van der Waals surface area contributed by atoms with E-state index in [4.69, 9.17) is 0 Å². The highest BCUT2D eigenvalue weighted by Gasteiger charge is 2.23. The van der Waals surface area contributed by atoms with Crippen LogP contribution < -0.4 is 0 Å². The Hall–Kier alpha value is -0.350. The quantitative estimate of drug-likeness (QED) is 0.768. The van der Waals surface area contributed by atoms with Gasteiger partial charge in [0.15, 0.2) is 0 Å². The molecule has 0 spiro atoms. The molecule has 2 heterocycles. The fourth-order valence-corrected chi connectivity index (χ4v) is 2.53. The highest BCUT2D eigenvalue weighted by molar-refractivity contribution is 9.09. The van der Waals surface area contributed by atoms with Crippen molar-refractivity contribution in [1.82, 2.24) is 14.7 Å². The maximum absolute atomic E-state index is 4.20. The summed E-state index contributed by atoms with van der Waals surface area (Å²) in [5, 5.41) is 4.20. The first kappa shape index (κ1) is 11.1. The molecule has 4 heteroatoms. The zero-order valence-corrected chi connectivity index (χ0v) is 10.9. The van der Waals surface area contributed by atoms with Crippen LogP contribution in [0.2, 0.25) is 0 Å². The predicted molar refractivity (Wildman–Crippen MR) is 65.0 cm³/mol. The molecule has 1 aliphatic rings. The fourth-order valence-electron chi connectivity index (χ4n) is 2.16. The van der Waals surface area contributed by atoms with Crippen LogP contribution >= 0.6 is 15.9 Å². The Kier molecular flexibility index (Phi) is 3.46. The van der Waals surface area contributed by atoms with Gasteiger partial charge in [0.2, 0.25) is 0 Å². The van der Waals surface area contributed by atoms with Crippen molar-refractivity contribution in [1.29, 1.82) is 0 Å². The van der Waals surface area contributed by atoms with Gasteiger partial charge in [0, 0.05) is 36.7 Å². The molecule has 1 saturated heterocycles. The molecule has 1 aromatic heterocycles. The lowest BCUT2D eigenvalue weighted by Gasteiger charge is -2.33. The van der Waals surface area contributed by atoms with E-state index in [1.54, 1.807) is 0 Å². The molecule has 2 rings (SSSR count). The van der Waals surface area contributed by atoms with Gasteiger partial charge < -0.3 is 0 Å². The van der Waals surface area contributed by atoms with Crippen LogP contribution in [0.4, 0.5) is 0 Å².